The first-order chi connectivity index (χ1) is 14.6. The molecule has 0 saturated carbocycles. The van der Waals surface area contributed by atoms with Crippen LogP contribution in [0, 0.1) is 0 Å². The van der Waals surface area contributed by atoms with Gasteiger partial charge in [-0.1, -0.05) is 74.7 Å². The van der Waals surface area contributed by atoms with Crippen LogP contribution in [0.2, 0.25) is 0 Å². The molecule has 0 radical (unpaired) electrons. The number of unbranched alkanes of at least 4 members (excludes halogenated alkanes) is 3. The third-order valence-electron chi connectivity index (χ3n) is 5.36. The number of hydrogen-bond acceptors (Lipinski definition) is 4. The Hall–Kier alpha value is -2.47. The van der Waals surface area contributed by atoms with Gasteiger partial charge in [0.2, 0.25) is 0 Å². The number of fused-ring (bicyclic) bond motifs is 3. The molecule has 30 heavy (non-hydrogen) atoms. The van der Waals surface area contributed by atoms with Gasteiger partial charge in [-0.3, -0.25) is 0 Å². The second-order valence-electron chi connectivity index (χ2n) is 7.50. The van der Waals surface area contributed by atoms with Gasteiger partial charge in [-0.2, -0.15) is 11.8 Å². The molecule has 2 aromatic carbocycles. The summed E-state index contributed by atoms with van der Waals surface area (Å²) in [6.07, 6.45) is 3.90. The van der Waals surface area contributed by atoms with Crippen LogP contribution in [0.3, 0.4) is 0 Å². The number of benzene rings is 2. The lowest BCUT2D eigenvalue weighted by molar-refractivity contribution is -0.138. The molecule has 5 nitrogen and oxygen atoms in total. The molecular formula is C24H29NO4S. The van der Waals surface area contributed by atoms with E-state index in [1.165, 1.54) is 12.8 Å². The Morgan fingerprint density at radius 1 is 1.03 bits per heavy atom. The Kier molecular flexibility index (Phi) is 8.20. The van der Waals surface area contributed by atoms with Gasteiger partial charge in [0.15, 0.2) is 0 Å². The summed E-state index contributed by atoms with van der Waals surface area (Å²) >= 11 is 1.56. The van der Waals surface area contributed by atoms with Gasteiger partial charge in [-0.15, -0.1) is 0 Å². The molecule has 0 spiro atoms. The topological polar surface area (TPSA) is 75.6 Å². The van der Waals surface area contributed by atoms with Crippen molar-refractivity contribution >= 4 is 23.8 Å². The number of carboxylic acid groups (broad SMARTS) is 1. The van der Waals surface area contributed by atoms with Gasteiger partial charge >= 0.3 is 12.1 Å². The number of rotatable bonds is 11. The normalized spacial score (nSPS) is 13.4. The van der Waals surface area contributed by atoms with E-state index >= 15 is 0 Å². The van der Waals surface area contributed by atoms with Crippen LogP contribution < -0.4 is 5.32 Å². The van der Waals surface area contributed by atoms with Gasteiger partial charge in [0.25, 0.3) is 0 Å². The Morgan fingerprint density at radius 2 is 1.67 bits per heavy atom. The van der Waals surface area contributed by atoms with Crippen LogP contribution in [0.25, 0.3) is 11.1 Å². The highest BCUT2D eigenvalue weighted by Gasteiger charge is 2.29. The average Bonchev–Trinajstić information content (AvgIpc) is 3.07. The largest absolute Gasteiger partial charge is 0.480 e. The molecule has 0 unspecified atom stereocenters. The Morgan fingerprint density at radius 3 is 2.27 bits per heavy atom. The minimum atomic E-state index is -1.04. The number of carbonyl (C=O) groups is 2. The molecule has 1 amide bonds. The zero-order valence-electron chi connectivity index (χ0n) is 17.3. The van der Waals surface area contributed by atoms with Gasteiger partial charge in [0, 0.05) is 11.7 Å². The molecule has 160 valence electrons. The number of ether oxygens (including phenoxy) is 1. The van der Waals surface area contributed by atoms with Crippen molar-refractivity contribution in [2.45, 2.75) is 44.6 Å². The molecule has 2 N–H and O–H groups in total. The van der Waals surface area contributed by atoms with E-state index in [1.54, 1.807) is 11.8 Å². The molecule has 0 fully saturated rings. The first-order valence-electron chi connectivity index (χ1n) is 10.5. The Bertz CT molecular complexity index is 824. The quantitative estimate of drug-likeness (QED) is 0.477. The highest BCUT2D eigenvalue weighted by molar-refractivity contribution is 7.99. The lowest BCUT2D eigenvalue weighted by atomic mass is 9.98. The molecule has 3 rings (SSSR count). The van der Waals surface area contributed by atoms with Crippen molar-refractivity contribution in [3.05, 3.63) is 59.7 Å². The summed E-state index contributed by atoms with van der Waals surface area (Å²) in [6, 6.07) is 15.3. The van der Waals surface area contributed by atoms with Crippen LogP contribution in [0.1, 0.15) is 49.7 Å². The lowest BCUT2D eigenvalue weighted by Crippen LogP contribution is -2.43. The lowest BCUT2D eigenvalue weighted by Gasteiger charge is -2.17. The summed E-state index contributed by atoms with van der Waals surface area (Å²) in [7, 11) is 0. The highest BCUT2D eigenvalue weighted by atomic mass is 32.2. The highest BCUT2D eigenvalue weighted by Crippen LogP contribution is 2.44. The summed E-state index contributed by atoms with van der Waals surface area (Å²) in [5, 5.41) is 11.9. The van der Waals surface area contributed by atoms with Gasteiger partial charge in [0.1, 0.15) is 12.6 Å². The van der Waals surface area contributed by atoms with Crippen LogP contribution in [-0.2, 0) is 9.53 Å². The number of carboxylic acids is 1. The van der Waals surface area contributed by atoms with Crippen LogP contribution in [-0.4, -0.2) is 41.3 Å². The van der Waals surface area contributed by atoms with E-state index in [9.17, 15) is 14.7 Å². The molecule has 0 aliphatic heterocycles. The molecule has 1 atom stereocenters. The number of thioether (sulfide) groups is 1. The molecule has 1 aliphatic carbocycles. The van der Waals surface area contributed by atoms with Gasteiger partial charge in [0.05, 0.1) is 0 Å². The van der Waals surface area contributed by atoms with Crippen LogP contribution in [0.5, 0.6) is 0 Å². The van der Waals surface area contributed by atoms with E-state index in [-0.39, 0.29) is 12.5 Å². The fourth-order valence-corrected chi connectivity index (χ4v) is 4.83. The molecule has 6 heteroatoms. The summed E-state index contributed by atoms with van der Waals surface area (Å²) in [4.78, 5) is 23.8. The van der Waals surface area contributed by atoms with Crippen molar-refractivity contribution in [2.24, 2.45) is 0 Å². The first kappa shape index (κ1) is 22.2. The average molecular weight is 428 g/mol. The monoisotopic (exact) mass is 427 g/mol. The molecule has 0 heterocycles. The fourth-order valence-electron chi connectivity index (χ4n) is 3.79. The number of hydrogen-bond donors (Lipinski definition) is 2. The Labute approximate surface area is 182 Å². The second-order valence-corrected chi connectivity index (χ2v) is 8.65. The van der Waals surface area contributed by atoms with Gasteiger partial charge < -0.3 is 15.2 Å². The molecular weight excluding hydrogens is 398 g/mol. The minimum Gasteiger partial charge on any atom is -0.480 e. The summed E-state index contributed by atoms with van der Waals surface area (Å²) < 4.78 is 5.46. The predicted molar refractivity (Wildman–Crippen MR) is 121 cm³/mol. The second kappa shape index (κ2) is 11.1. The maximum atomic E-state index is 12.3. The Balaban J connectivity index is 1.53. The summed E-state index contributed by atoms with van der Waals surface area (Å²) in [6.45, 7) is 2.34. The third kappa shape index (κ3) is 5.57. The van der Waals surface area contributed by atoms with Crippen LogP contribution in [0.15, 0.2) is 48.5 Å². The van der Waals surface area contributed by atoms with E-state index < -0.39 is 18.1 Å². The van der Waals surface area contributed by atoms with Crippen LogP contribution in [0.4, 0.5) is 4.79 Å². The number of carbonyl (C=O) groups excluding carboxylic acids is 1. The fraction of sp³-hybridized carbons (Fsp3) is 0.417. The zero-order chi connectivity index (χ0) is 21.3. The summed E-state index contributed by atoms with van der Waals surface area (Å²) in [5.41, 5.74) is 4.57. The first-order valence-corrected chi connectivity index (χ1v) is 11.7. The molecule has 0 saturated heterocycles. The zero-order valence-corrected chi connectivity index (χ0v) is 18.1. The third-order valence-corrected chi connectivity index (χ3v) is 6.51. The number of aliphatic carboxylic acids is 1. The minimum absolute atomic E-state index is 0.0423. The summed E-state index contributed by atoms with van der Waals surface area (Å²) in [5.74, 6) is 0.158. The molecule has 0 aromatic heterocycles. The van der Waals surface area contributed by atoms with Crippen molar-refractivity contribution in [1.29, 1.82) is 0 Å². The number of alkyl carbamates (subject to hydrolysis) is 1. The van der Waals surface area contributed by atoms with Crippen molar-refractivity contribution in [3.8, 4) is 11.1 Å². The van der Waals surface area contributed by atoms with E-state index in [1.807, 2.05) is 24.3 Å². The smallest absolute Gasteiger partial charge is 0.407 e. The van der Waals surface area contributed by atoms with Gasteiger partial charge in [-0.05, 0) is 34.4 Å². The maximum absolute atomic E-state index is 12.3. The van der Waals surface area contributed by atoms with E-state index in [0.29, 0.717) is 5.75 Å². The number of amides is 1. The molecule has 2 aromatic rings. The van der Waals surface area contributed by atoms with E-state index in [2.05, 4.69) is 36.5 Å². The SMILES string of the molecule is CCCCCCSC[C@@H](NC(=O)OCC1c2ccccc2-c2ccccc21)C(=O)O. The van der Waals surface area contributed by atoms with Crippen molar-refractivity contribution in [3.63, 3.8) is 0 Å². The maximum Gasteiger partial charge on any atom is 0.407 e. The van der Waals surface area contributed by atoms with Crippen molar-refractivity contribution in [2.75, 3.05) is 18.1 Å². The number of nitrogens with one attached hydrogen (secondary N) is 1. The predicted octanol–water partition coefficient (Wildman–Crippen LogP) is 5.29. The standard InChI is InChI=1S/C24H29NO4S/c1-2-3-4-9-14-30-16-22(23(26)27)25-24(28)29-15-21-19-12-7-5-10-17(19)18-11-6-8-13-20(18)21/h5-8,10-13,21-22H,2-4,9,14-16H2,1H3,(H,25,28)(H,26,27)/t22-/m1/s1. The van der Waals surface area contributed by atoms with E-state index in [4.69, 9.17) is 4.74 Å². The van der Waals surface area contributed by atoms with E-state index in [0.717, 1.165) is 40.8 Å². The van der Waals surface area contributed by atoms with Crippen molar-refractivity contribution in [1.82, 2.24) is 5.32 Å². The van der Waals surface area contributed by atoms with Crippen molar-refractivity contribution < 1.29 is 19.4 Å². The van der Waals surface area contributed by atoms with Gasteiger partial charge in [-0.25, -0.2) is 9.59 Å². The van der Waals surface area contributed by atoms with Crippen LogP contribution >= 0.6 is 11.8 Å². The molecule has 1 aliphatic rings. The molecule has 0 bridgehead atoms.